The first-order valence-electron chi connectivity index (χ1n) is 10.9. The van der Waals surface area contributed by atoms with Crippen LogP contribution in [0.2, 0.25) is 0 Å². The first-order valence-corrected chi connectivity index (χ1v) is 12.4. The molecular weight excluding hydrogens is 450 g/mol. The minimum atomic E-state index is -0.936. The molecule has 1 aliphatic rings. The van der Waals surface area contributed by atoms with Gasteiger partial charge in [0.1, 0.15) is 5.82 Å². The predicted molar refractivity (Wildman–Crippen MR) is 130 cm³/mol. The number of H-pyrrole nitrogens is 2. The number of nitrogens with zero attached hydrogens (tertiary/aromatic N) is 4. The van der Waals surface area contributed by atoms with Crippen molar-refractivity contribution in [1.29, 1.82) is 0 Å². The van der Waals surface area contributed by atoms with E-state index in [2.05, 4.69) is 30.5 Å². The third-order valence-electron chi connectivity index (χ3n) is 6.12. The van der Waals surface area contributed by atoms with Gasteiger partial charge >= 0.3 is 0 Å². The molecule has 0 fully saturated rings. The van der Waals surface area contributed by atoms with Crippen LogP contribution in [0.25, 0.3) is 33.2 Å². The number of fused-ring (bicyclic) bond motifs is 5. The van der Waals surface area contributed by atoms with Crippen LogP contribution in [0.4, 0.5) is 0 Å². The van der Waals surface area contributed by atoms with Gasteiger partial charge in [0.15, 0.2) is 5.65 Å². The number of carbonyl (C=O) groups excluding carboxylic acids is 1. The van der Waals surface area contributed by atoms with Gasteiger partial charge in [-0.2, -0.15) is 5.10 Å². The van der Waals surface area contributed by atoms with Crippen molar-refractivity contribution in [3.05, 3.63) is 71.1 Å². The third kappa shape index (κ3) is 3.56. The number of aromatic nitrogens is 6. The average Bonchev–Trinajstić information content (AvgIpc) is 3.50. The number of hydrogen-bond acceptors (Lipinski definition) is 6. The average molecular weight is 472 g/mol. The van der Waals surface area contributed by atoms with E-state index in [1.165, 1.54) is 0 Å². The lowest BCUT2D eigenvalue weighted by Crippen LogP contribution is -2.23. The van der Waals surface area contributed by atoms with Crippen molar-refractivity contribution in [1.82, 2.24) is 35.5 Å². The fourth-order valence-electron chi connectivity index (χ4n) is 4.49. The van der Waals surface area contributed by atoms with E-state index >= 15 is 0 Å². The van der Waals surface area contributed by atoms with Crippen LogP contribution in [0.1, 0.15) is 33.0 Å². The van der Waals surface area contributed by atoms with Crippen LogP contribution in [0.3, 0.4) is 0 Å². The van der Waals surface area contributed by atoms with Gasteiger partial charge in [-0.05, 0) is 36.6 Å². The van der Waals surface area contributed by atoms with Gasteiger partial charge in [-0.1, -0.05) is 12.1 Å². The lowest BCUT2D eigenvalue weighted by molar-refractivity contribution is 0.0950. The summed E-state index contributed by atoms with van der Waals surface area (Å²) in [4.78, 5) is 29.3. The predicted octanol–water partition coefficient (Wildman–Crippen LogP) is 2.94. The summed E-state index contributed by atoms with van der Waals surface area (Å²) in [5.74, 6) is 1.62. The molecule has 170 valence electrons. The second-order valence-corrected chi connectivity index (χ2v) is 9.96. The van der Waals surface area contributed by atoms with Crippen LogP contribution in [0.15, 0.2) is 42.9 Å². The quantitative estimate of drug-likeness (QED) is 0.370. The Kier molecular flexibility index (Phi) is 4.95. The van der Waals surface area contributed by atoms with Crippen LogP contribution in [0, 0.1) is 6.92 Å². The van der Waals surface area contributed by atoms with E-state index in [0.717, 1.165) is 50.0 Å². The molecule has 3 N–H and O–H groups in total. The molecule has 5 heterocycles. The molecule has 0 saturated carbocycles. The third-order valence-corrected chi connectivity index (χ3v) is 7.39. The Hall–Kier alpha value is -3.92. The zero-order valence-corrected chi connectivity index (χ0v) is 19.2. The largest absolute Gasteiger partial charge is 0.345 e. The lowest BCUT2D eigenvalue weighted by atomic mass is 9.95. The van der Waals surface area contributed by atoms with E-state index in [9.17, 15) is 9.00 Å². The van der Waals surface area contributed by atoms with E-state index in [1.807, 2.05) is 19.1 Å². The Morgan fingerprint density at radius 1 is 1.12 bits per heavy atom. The minimum Gasteiger partial charge on any atom is -0.345 e. The van der Waals surface area contributed by atoms with Crippen molar-refractivity contribution < 1.29 is 9.00 Å². The molecular formula is C24H21N7O2S. The highest BCUT2D eigenvalue weighted by atomic mass is 32.2. The summed E-state index contributed by atoms with van der Waals surface area (Å²) < 4.78 is 12.5. The molecule has 6 rings (SSSR count). The van der Waals surface area contributed by atoms with E-state index < -0.39 is 10.8 Å². The van der Waals surface area contributed by atoms with Crippen LogP contribution in [0.5, 0.6) is 0 Å². The maximum Gasteiger partial charge on any atom is 0.251 e. The Balaban J connectivity index is 1.37. The summed E-state index contributed by atoms with van der Waals surface area (Å²) in [5.41, 5.74) is 6.82. The summed E-state index contributed by atoms with van der Waals surface area (Å²) >= 11 is 0. The van der Waals surface area contributed by atoms with Crippen LogP contribution in [-0.2, 0) is 29.5 Å². The maximum absolute atomic E-state index is 12.6. The molecule has 1 aliphatic heterocycles. The smallest absolute Gasteiger partial charge is 0.251 e. The number of rotatable bonds is 4. The Morgan fingerprint density at radius 2 is 1.97 bits per heavy atom. The molecule has 4 aromatic heterocycles. The van der Waals surface area contributed by atoms with Gasteiger partial charge in [-0.25, -0.2) is 15.0 Å². The molecule has 1 amide bonds. The molecule has 0 radical (unpaired) electrons. The molecule has 0 aliphatic carbocycles. The molecule has 0 bridgehead atoms. The first kappa shape index (κ1) is 20.7. The van der Waals surface area contributed by atoms with E-state index in [0.29, 0.717) is 35.9 Å². The highest BCUT2D eigenvalue weighted by Crippen LogP contribution is 2.36. The van der Waals surface area contributed by atoms with Gasteiger partial charge in [0, 0.05) is 50.3 Å². The number of benzene rings is 1. The number of hydrogen-bond donors (Lipinski definition) is 3. The monoisotopic (exact) mass is 471 g/mol. The van der Waals surface area contributed by atoms with Crippen LogP contribution < -0.4 is 5.32 Å². The van der Waals surface area contributed by atoms with Gasteiger partial charge < -0.3 is 10.3 Å². The maximum atomic E-state index is 12.6. The second kappa shape index (κ2) is 8.14. The molecule has 1 aromatic carbocycles. The van der Waals surface area contributed by atoms with E-state index in [-0.39, 0.29) is 5.91 Å². The zero-order chi connectivity index (χ0) is 23.2. The molecule has 9 nitrogen and oxygen atoms in total. The summed E-state index contributed by atoms with van der Waals surface area (Å²) in [5, 5.41) is 11.9. The fraction of sp³-hybridized carbons (Fsp3) is 0.208. The number of pyridine rings is 2. The molecule has 0 saturated heterocycles. The number of nitrogens with one attached hydrogen (secondary N) is 3. The van der Waals surface area contributed by atoms with E-state index in [1.54, 1.807) is 30.7 Å². The van der Waals surface area contributed by atoms with Crippen molar-refractivity contribution in [2.24, 2.45) is 0 Å². The van der Waals surface area contributed by atoms with Crippen molar-refractivity contribution >= 4 is 38.6 Å². The summed E-state index contributed by atoms with van der Waals surface area (Å²) in [6.45, 7) is 2.25. The fourth-order valence-corrected chi connectivity index (χ4v) is 5.70. The number of aromatic amines is 2. The normalized spacial score (nSPS) is 15.5. The van der Waals surface area contributed by atoms with Crippen LogP contribution in [-0.4, -0.2) is 46.0 Å². The van der Waals surface area contributed by atoms with Crippen LogP contribution >= 0.6 is 0 Å². The Morgan fingerprint density at radius 3 is 2.76 bits per heavy atom. The van der Waals surface area contributed by atoms with Crippen molar-refractivity contribution in [2.45, 2.75) is 25.6 Å². The van der Waals surface area contributed by atoms with Gasteiger partial charge in [-0.3, -0.25) is 14.1 Å². The van der Waals surface area contributed by atoms with Crippen molar-refractivity contribution in [3.63, 3.8) is 0 Å². The standard InChI is InChI=1S/C24H21N7O2S/c1-13-8-25-20(29-13)11-27-24(32)15-4-2-14(3-5-15)22-18-12-34(33)7-6-16(18)21-17-9-28-31-23(17)26-10-19(21)30-22/h2-5,8-10H,6-7,11-12H2,1H3,(H,25,29)(H,27,32)(H,26,28,31). The van der Waals surface area contributed by atoms with Gasteiger partial charge in [0.05, 0.1) is 35.9 Å². The highest BCUT2D eigenvalue weighted by Gasteiger charge is 2.24. The van der Waals surface area contributed by atoms with Gasteiger partial charge in [-0.15, -0.1) is 0 Å². The summed E-state index contributed by atoms with van der Waals surface area (Å²) in [7, 11) is -0.936. The molecule has 1 atom stereocenters. The molecule has 0 spiro atoms. The number of imidazole rings is 1. The minimum absolute atomic E-state index is 0.179. The second-order valence-electron chi connectivity index (χ2n) is 8.38. The topological polar surface area (TPSA) is 129 Å². The number of carbonyl (C=O) groups is 1. The van der Waals surface area contributed by atoms with Gasteiger partial charge in [0.25, 0.3) is 5.91 Å². The number of aryl methyl sites for hydroxylation is 2. The summed E-state index contributed by atoms with van der Waals surface area (Å²) in [6.07, 6.45) is 5.97. The summed E-state index contributed by atoms with van der Waals surface area (Å²) in [6, 6.07) is 7.35. The van der Waals surface area contributed by atoms with E-state index in [4.69, 9.17) is 4.98 Å². The molecule has 1 unspecified atom stereocenters. The Bertz CT molecular complexity index is 1590. The Labute approximate surface area is 196 Å². The zero-order valence-electron chi connectivity index (χ0n) is 18.4. The van der Waals surface area contributed by atoms with Crippen molar-refractivity contribution in [3.8, 4) is 11.3 Å². The van der Waals surface area contributed by atoms with Gasteiger partial charge in [0.2, 0.25) is 0 Å². The molecule has 10 heteroatoms. The highest BCUT2D eigenvalue weighted by molar-refractivity contribution is 7.84. The molecule has 34 heavy (non-hydrogen) atoms. The number of amides is 1. The molecule has 5 aromatic rings. The SMILES string of the molecule is Cc1cnc(CNC(=O)c2ccc(-c3nc4cnc5[nH]ncc5c4c4c3CS(=O)CC4)cc2)[nH]1. The van der Waals surface area contributed by atoms with Crippen molar-refractivity contribution in [2.75, 3.05) is 5.75 Å². The lowest BCUT2D eigenvalue weighted by Gasteiger charge is -2.21. The first-order chi connectivity index (χ1) is 16.6.